The highest BCUT2D eigenvalue weighted by Gasteiger charge is 2.47. The van der Waals surface area contributed by atoms with E-state index in [0.717, 1.165) is 23.9 Å². The summed E-state index contributed by atoms with van der Waals surface area (Å²) < 4.78 is 74.7. The molecule has 0 amide bonds. The Kier molecular flexibility index (Phi) is 5.10. The molecule has 5 heterocycles. The molecule has 32 heavy (non-hydrogen) atoms. The SMILES string of the molecule is O=c1cc(N2CC3CCC(C2)O3)nc2n1CCC(C(F)(F)F)N2Cc1ccn(C(F)F)n1. The first-order valence-corrected chi connectivity index (χ1v) is 10.4. The van der Waals surface area contributed by atoms with Gasteiger partial charge in [0.1, 0.15) is 11.9 Å². The molecule has 0 aromatic carbocycles. The Morgan fingerprint density at radius 1 is 1.16 bits per heavy atom. The zero-order valence-corrected chi connectivity index (χ0v) is 16.9. The van der Waals surface area contributed by atoms with Gasteiger partial charge in [0.15, 0.2) is 0 Å². The maximum absolute atomic E-state index is 13.9. The highest BCUT2D eigenvalue weighted by molar-refractivity contribution is 5.47. The lowest BCUT2D eigenvalue weighted by Crippen LogP contribution is -2.52. The lowest BCUT2D eigenvalue weighted by Gasteiger charge is -2.39. The molecule has 3 aliphatic rings. The van der Waals surface area contributed by atoms with Crippen molar-refractivity contribution in [3.63, 3.8) is 0 Å². The molecule has 5 rings (SSSR count). The quantitative estimate of drug-likeness (QED) is 0.654. The second-order valence-corrected chi connectivity index (χ2v) is 8.31. The minimum Gasteiger partial charge on any atom is -0.371 e. The van der Waals surface area contributed by atoms with Gasteiger partial charge in [-0.1, -0.05) is 0 Å². The summed E-state index contributed by atoms with van der Waals surface area (Å²) in [5.41, 5.74) is -0.426. The van der Waals surface area contributed by atoms with Gasteiger partial charge in [-0.3, -0.25) is 9.36 Å². The highest BCUT2D eigenvalue weighted by Crippen LogP contribution is 2.36. The van der Waals surface area contributed by atoms with Crippen LogP contribution in [0, 0.1) is 0 Å². The number of nitrogens with zero attached hydrogens (tertiary/aromatic N) is 6. The Balaban J connectivity index is 1.53. The van der Waals surface area contributed by atoms with Crippen LogP contribution in [-0.4, -0.2) is 56.8 Å². The van der Waals surface area contributed by atoms with E-state index in [2.05, 4.69) is 10.1 Å². The van der Waals surface area contributed by atoms with Crippen LogP contribution in [-0.2, 0) is 17.8 Å². The van der Waals surface area contributed by atoms with Gasteiger partial charge in [0.25, 0.3) is 5.56 Å². The number of ether oxygens (including phenoxy) is 1. The van der Waals surface area contributed by atoms with Crippen LogP contribution in [0.4, 0.5) is 33.7 Å². The summed E-state index contributed by atoms with van der Waals surface area (Å²) in [5, 5.41) is 3.67. The number of hydrogen-bond donors (Lipinski definition) is 0. The number of rotatable bonds is 4. The molecule has 13 heteroatoms. The summed E-state index contributed by atoms with van der Waals surface area (Å²) in [6.07, 6.45) is -2.15. The van der Waals surface area contributed by atoms with E-state index in [1.165, 1.54) is 16.7 Å². The molecule has 0 radical (unpaired) electrons. The molecular weight excluding hydrogens is 439 g/mol. The van der Waals surface area contributed by atoms with Crippen molar-refractivity contribution in [2.75, 3.05) is 22.9 Å². The molecule has 0 saturated carbocycles. The molecule has 3 atom stereocenters. The smallest absolute Gasteiger partial charge is 0.371 e. The zero-order chi connectivity index (χ0) is 22.6. The topological polar surface area (TPSA) is 68.4 Å². The average molecular weight is 460 g/mol. The van der Waals surface area contributed by atoms with E-state index in [9.17, 15) is 26.7 Å². The molecule has 2 aromatic rings. The van der Waals surface area contributed by atoms with Crippen LogP contribution in [0.2, 0.25) is 0 Å². The first-order valence-electron chi connectivity index (χ1n) is 10.4. The van der Waals surface area contributed by atoms with Gasteiger partial charge in [-0.05, 0) is 25.3 Å². The summed E-state index contributed by atoms with van der Waals surface area (Å²) in [7, 11) is 0. The number of hydrogen-bond acceptors (Lipinski definition) is 6. The number of halogens is 5. The molecule has 2 aromatic heterocycles. The van der Waals surface area contributed by atoms with E-state index in [1.807, 2.05) is 4.90 Å². The van der Waals surface area contributed by atoms with Gasteiger partial charge in [0, 0.05) is 31.9 Å². The molecular formula is C19H21F5N6O2. The van der Waals surface area contributed by atoms with Gasteiger partial charge < -0.3 is 14.5 Å². The first kappa shape index (κ1) is 21.2. The van der Waals surface area contributed by atoms with Crippen molar-refractivity contribution in [2.24, 2.45) is 0 Å². The molecule has 174 valence electrons. The van der Waals surface area contributed by atoms with Crippen LogP contribution in [0.5, 0.6) is 0 Å². The second-order valence-electron chi connectivity index (χ2n) is 8.31. The Morgan fingerprint density at radius 2 is 1.88 bits per heavy atom. The fourth-order valence-electron chi connectivity index (χ4n) is 4.69. The van der Waals surface area contributed by atoms with Gasteiger partial charge >= 0.3 is 12.7 Å². The van der Waals surface area contributed by atoms with Crippen LogP contribution in [0.15, 0.2) is 23.1 Å². The molecule has 0 aliphatic carbocycles. The van der Waals surface area contributed by atoms with Crippen LogP contribution in [0.3, 0.4) is 0 Å². The molecule has 0 spiro atoms. The number of aromatic nitrogens is 4. The van der Waals surface area contributed by atoms with Crippen LogP contribution < -0.4 is 15.4 Å². The molecule has 2 bridgehead atoms. The molecule has 0 N–H and O–H groups in total. The molecule has 2 saturated heterocycles. The van der Waals surface area contributed by atoms with Crippen molar-refractivity contribution < 1.29 is 26.7 Å². The molecule has 8 nitrogen and oxygen atoms in total. The largest absolute Gasteiger partial charge is 0.408 e. The number of fused-ring (bicyclic) bond motifs is 3. The second kappa shape index (κ2) is 7.71. The standard InChI is InChI=1S/C19H21F5N6O2/c20-17(21)30-6-3-11(26-30)8-29-14(19(22,23)24)4-5-28-16(31)7-15(25-18(28)29)27-9-12-1-2-13(10-27)32-12/h3,6-7,12-14,17H,1-2,4-5,8-10H2. The summed E-state index contributed by atoms with van der Waals surface area (Å²) in [4.78, 5) is 20.1. The van der Waals surface area contributed by atoms with Gasteiger partial charge in [0.2, 0.25) is 5.95 Å². The van der Waals surface area contributed by atoms with Crippen LogP contribution in [0.25, 0.3) is 0 Å². The third-order valence-corrected chi connectivity index (χ3v) is 6.18. The van der Waals surface area contributed by atoms with E-state index in [4.69, 9.17) is 4.74 Å². The maximum atomic E-state index is 13.9. The average Bonchev–Trinajstić information content (AvgIpc) is 3.33. The zero-order valence-electron chi connectivity index (χ0n) is 16.9. The molecule has 2 fully saturated rings. The maximum Gasteiger partial charge on any atom is 0.408 e. The molecule has 3 unspecified atom stereocenters. The minimum absolute atomic E-state index is 0.00618. The number of morpholine rings is 1. The van der Waals surface area contributed by atoms with Crippen molar-refractivity contribution >= 4 is 11.8 Å². The summed E-state index contributed by atoms with van der Waals surface area (Å²) in [6.45, 7) is -2.43. The number of anilines is 2. The van der Waals surface area contributed by atoms with Crippen molar-refractivity contribution in [3.8, 4) is 0 Å². The van der Waals surface area contributed by atoms with Gasteiger partial charge in [-0.25, -0.2) is 4.68 Å². The Bertz CT molecular complexity index is 1040. The van der Waals surface area contributed by atoms with Crippen molar-refractivity contribution in [1.29, 1.82) is 0 Å². The molecule has 3 aliphatic heterocycles. The van der Waals surface area contributed by atoms with Gasteiger partial charge in [-0.2, -0.15) is 32.0 Å². The van der Waals surface area contributed by atoms with Gasteiger partial charge in [0.05, 0.1) is 24.4 Å². The van der Waals surface area contributed by atoms with E-state index in [1.54, 1.807) is 0 Å². The van der Waals surface area contributed by atoms with E-state index in [-0.39, 0.29) is 36.8 Å². The first-order chi connectivity index (χ1) is 15.2. The fraction of sp³-hybridized carbons (Fsp3) is 0.632. The third-order valence-electron chi connectivity index (χ3n) is 6.18. The van der Waals surface area contributed by atoms with E-state index < -0.39 is 30.9 Å². The lowest BCUT2D eigenvalue weighted by atomic mass is 10.1. The highest BCUT2D eigenvalue weighted by atomic mass is 19.4. The Hall–Kier alpha value is -2.70. The van der Waals surface area contributed by atoms with Crippen molar-refractivity contribution in [2.45, 2.75) is 63.3 Å². The summed E-state index contributed by atoms with van der Waals surface area (Å²) in [5.74, 6) is 0.166. The minimum atomic E-state index is -4.59. The Labute approximate surface area is 179 Å². The van der Waals surface area contributed by atoms with E-state index >= 15 is 0 Å². The summed E-state index contributed by atoms with van der Waals surface area (Å²) in [6, 6.07) is 0.661. The van der Waals surface area contributed by atoms with E-state index in [0.29, 0.717) is 23.6 Å². The number of alkyl halides is 5. The van der Waals surface area contributed by atoms with Crippen LogP contribution >= 0.6 is 0 Å². The monoisotopic (exact) mass is 460 g/mol. The predicted molar refractivity (Wildman–Crippen MR) is 103 cm³/mol. The normalized spacial score (nSPS) is 25.5. The third kappa shape index (κ3) is 3.82. The van der Waals surface area contributed by atoms with Crippen molar-refractivity contribution in [3.05, 3.63) is 34.4 Å². The predicted octanol–water partition coefficient (Wildman–Crippen LogP) is 2.54. The van der Waals surface area contributed by atoms with Crippen LogP contribution in [0.1, 0.15) is 31.5 Å². The Morgan fingerprint density at radius 3 is 2.50 bits per heavy atom. The lowest BCUT2D eigenvalue weighted by molar-refractivity contribution is -0.153. The summed E-state index contributed by atoms with van der Waals surface area (Å²) >= 11 is 0. The van der Waals surface area contributed by atoms with Crippen molar-refractivity contribution in [1.82, 2.24) is 19.3 Å². The fourth-order valence-corrected chi connectivity index (χ4v) is 4.69. The van der Waals surface area contributed by atoms with Gasteiger partial charge in [-0.15, -0.1) is 0 Å².